The van der Waals surface area contributed by atoms with Gasteiger partial charge in [-0.1, -0.05) is 19.8 Å². The van der Waals surface area contributed by atoms with Crippen molar-refractivity contribution >= 4 is 0 Å². The highest BCUT2D eigenvalue weighted by Crippen LogP contribution is 2.25. The summed E-state index contributed by atoms with van der Waals surface area (Å²) in [5.74, 6) is 0.749. The van der Waals surface area contributed by atoms with E-state index >= 15 is 0 Å². The first-order valence-electron chi connectivity index (χ1n) is 6.11. The van der Waals surface area contributed by atoms with E-state index in [1.165, 1.54) is 38.6 Å². The maximum atomic E-state index is 6.07. The predicted octanol–water partition coefficient (Wildman–Crippen LogP) is 2.23. The first kappa shape index (κ1) is 12.0. The van der Waals surface area contributed by atoms with Crippen LogP contribution in [-0.2, 0) is 0 Å². The average Bonchev–Trinajstić information content (AvgIpc) is 2.52. The molecule has 1 fully saturated rings. The molecule has 2 heteroatoms. The van der Waals surface area contributed by atoms with Crippen LogP contribution in [0.15, 0.2) is 0 Å². The van der Waals surface area contributed by atoms with Gasteiger partial charge in [-0.15, -0.1) is 0 Å². The molecule has 0 heterocycles. The molecule has 1 aliphatic rings. The van der Waals surface area contributed by atoms with Crippen molar-refractivity contribution in [2.24, 2.45) is 11.7 Å². The molecule has 1 saturated carbocycles. The summed E-state index contributed by atoms with van der Waals surface area (Å²) in [4.78, 5) is 2.49. The molecule has 1 rings (SSSR count). The monoisotopic (exact) mass is 198 g/mol. The lowest BCUT2D eigenvalue weighted by Gasteiger charge is -2.28. The van der Waals surface area contributed by atoms with Gasteiger partial charge in [0.15, 0.2) is 0 Å². The molecular weight excluding hydrogens is 172 g/mol. The maximum Gasteiger partial charge on any atom is 0.00793 e. The molecule has 0 spiro atoms. The van der Waals surface area contributed by atoms with Crippen LogP contribution in [0.5, 0.6) is 0 Å². The smallest absolute Gasteiger partial charge is 0.00793 e. The van der Waals surface area contributed by atoms with Crippen LogP contribution in [0.1, 0.15) is 46.0 Å². The minimum absolute atomic E-state index is 0.464. The van der Waals surface area contributed by atoms with E-state index in [1.807, 2.05) is 0 Å². The largest absolute Gasteiger partial charge is 0.327 e. The summed E-state index contributed by atoms with van der Waals surface area (Å²) in [5.41, 5.74) is 6.07. The topological polar surface area (TPSA) is 29.3 Å². The predicted molar refractivity (Wildman–Crippen MR) is 62.3 cm³/mol. The fraction of sp³-hybridized carbons (Fsp3) is 1.00. The zero-order chi connectivity index (χ0) is 10.6. The quantitative estimate of drug-likeness (QED) is 0.734. The number of hydrogen-bond donors (Lipinski definition) is 1. The fourth-order valence-electron chi connectivity index (χ4n) is 2.48. The van der Waals surface area contributed by atoms with Crippen molar-refractivity contribution in [1.82, 2.24) is 4.90 Å². The van der Waals surface area contributed by atoms with Crippen molar-refractivity contribution < 1.29 is 0 Å². The van der Waals surface area contributed by atoms with E-state index in [0.29, 0.717) is 12.1 Å². The second kappa shape index (κ2) is 5.72. The third kappa shape index (κ3) is 3.25. The Kier molecular flexibility index (Phi) is 4.90. The number of nitrogens with two attached hydrogens (primary N) is 1. The second-order valence-electron chi connectivity index (χ2n) is 4.93. The van der Waals surface area contributed by atoms with Crippen LogP contribution in [0.2, 0.25) is 0 Å². The van der Waals surface area contributed by atoms with Gasteiger partial charge in [0.1, 0.15) is 0 Å². The number of rotatable bonds is 5. The molecule has 3 atom stereocenters. The van der Waals surface area contributed by atoms with Crippen LogP contribution in [0.4, 0.5) is 0 Å². The molecule has 3 unspecified atom stereocenters. The molecule has 2 nitrogen and oxygen atoms in total. The van der Waals surface area contributed by atoms with Crippen LogP contribution in [0, 0.1) is 5.92 Å². The van der Waals surface area contributed by atoms with Gasteiger partial charge in [-0.05, 0) is 39.2 Å². The Morgan fingerprint density at radius 1 is 1.43 bits per heavy atom. The van der Waals surface area contributed by atoms with E-state index in [-0.39, 0.29) is 0 Å². The third-order valence-corrected chi connectivity index (χ3v) is 3.70. The van der Waals surface area contributed by atoms with Gasteiger partial charge in [0.2, 0.25) is 0 Å². The summed E-state index contributed by atoms with van der Waals surface area (Å²) in [6.07, 6.45) is 6.49. The van der Waals surface area contributed by atoms with Gasteiger partial charge in [0, 0.05) is 18.6 Å². The summed E-state index contributed by atoms with van der Waals surface area (Å²) in [6, 6.07) is 1.18. The van der Waals surface area contributed by atoms with E-state index in [1.54, 1.807) is 0 Å². The van der Waals surface area contributed by atoms with Crippen molar-refractivity contribution in [3.63, 3.8) is 0 Å². The molecule has 0 aliphatic heterocycles. The lowest BCUT2D eigenvalue weighted by molar-refractivity contribution is 0.202. The van der Waals surface area contributed by atoms with Crippen LogP contribution >= 0.6 is 0 Å². The van der Waals surface area contributed by atoms with Gasteiger partial charge >= 0.3 is 0 Å². The minimum atomic E-state index is 0.464. The fourth-order valence-corrected chi connectivity index (χ4v) is 2.48. The second-order valence-corrected chi connectivity index (χ2v) is 4.93. The van der Waals surface area contributed by atoms with E-state index in [2.05, 4.69) is 25.8 Å². The zero-order valence-corrected chi connectivity index (χ0v) is 10.00. The Bertz CT molecular complexity index is 158. The Labute approximate surface area is 88.8 Å². The van der Waals surface area contributed by atoms with Gasteiger partial charge in [0.25, 0.3) is 0 Å². The van der Waals surface area contributed by atoms with Crippen molar-refractivity contribution in [2.45, 2.75) is 58.0 Å². The molecule has 0 saturated heterocycles. The third-order valence-electron chi connectivity index (χ3n) is 3.70. The van der Waals surface area contributed by atoms with Crippen LogP contribution in [0.25, 0.3) is 0 Å². The highest BCUT2D eigenvalue weighted by molar-refractivity contribution is 4.82. The zero-order valence-electron chi connectivity index (χ0n) is 10.00. The van der Waals surface area contributed by atoms with Crippen LogP contribution < -0.4 is 5.73 Å². The van der Waals surface area contributed by atoms with Crippen molar-refractivity contribution in [1.29, 1.82) is 0 Å². The lowest BCUT2D eigenvalue weighted by Crippen LogP contribution is -2.38. The van der Waals surface area contributed by atoms with E-state index in [0.717, 1.165) is 5.92 Å². The summed E-state index contributed by atoms with van der Waals surface area (Å²) in [5, 5.41) is 0. The standard InChI is InChI=1S/C12H26N2/c1-4-6-10(2)14(3)9-11-7-5-8-12(11)13/h10-12H,4-9,13H2,1-3H3. The van der Waals surface area contributed by atoms with Crippen LogP contribution in [-0.4, -0.2) is 30.6 Å². The number of hydrogen-bond acceptors (Lipinski definition) is 2. The molecule has 84 valence electrons. The van der Waals surface area contributed by atoms with Crippen molar-refractivity contribution in [3.8, 4) is 0 Å². The van der Waals surface area contributed by atoms with Crippen molar-refractivity contribution in [2.75, 3.05) is 13.6 Å². The van der Waals surface area contributed by atoms with Crippen molar-refractivity contribution in [3.05, 3.63) is 0 Å². The molecule has 0 bridgehead atoms. The normalized spacial score (nSPS) is 29.8. The molecular formula is C12H26N2. The summed E-state index contributed by atoms with van der Waals surface area (Å²) >= 11 is 0. The van der Waals surface area contributed by atoms with Gasteiger partial charge in [-0.3, -0.25) is 0 Å². The Morgan fingerprint density at radius 3 is 2.64 bits per heavy atom. The van der Waals surface area contributed by atoms with Gasteiger partial charge in [-0.25, -0.2) is 0 Å². The van der Waals surface area contributed by atoms with Gasteiger partial charge < -0.3 is 10.6 Å². The lowest BCUT2D eigenvalue weighted by atomic mass is 10.0. The Hall–Kier alpha value is -0.0800. The number of nitrogens with zero attached hydrogens (tertiary/aromatic N) is 1. The van der Waals surface area contributed by atoms with E-state index in [9.17, 15) is 0 Å². The SMILES string of the molecule is CCCC(C)N(C)CC1CCCC1N. The van der Waals surface area contributed by atoms with Gasteiger partial charge in [0.05, 0.1) is 0 Å². The molecule has 0 amide bonds. The molecule has 0 aromatic heterocycles. The minimum Gasteiger partial charge on any atom is -0.327 e. The first-order valence-corrected chi connectivity index (χ1v) is 6.11. The van der Waals surface area contributed by atoms with E-state index in [4.69, 9.17) is 5.73 Å². The average molecular weight is 198 g/mol. The molecule has 2 N–H and O–H groups in total. The molecule has 0 radical (unpaired) electrons. The molecule has 0 aromatic rings. The molecule has 14 heavy (non-hydrogen) atoms. The summed E-state index contributed by atoms with van der Waals surface area (Å²) in [7, 11) is 2.24. The maximum absolute atomic E-state index is 6.07. The Morgan fingerprint density at radius 2 is 2.14 bits per heavy atom. The van der Waals surface area contributed by atoms with E-state index < -0.39 is 0 Å². The van der Waals surface area contributed by atoms with Gasteiger partial charge in [-0.2, -0.15) is 0 Å². The summed E-state index contributed by atoms with van der Waals surface area (Å²) in [6.45, 7) is 5.78. The highest BCUT2D eigenvalue weighted by atomic mass is 15.1. The highest BCUT2D eigenvalue weighted by Gasteiger charge is 2.25. The molecule has 1 aliphatic carbocycles. The van der Waals surface area contributed by atoms with Crippen LogP contribution in [0.3, 0.4) is 0 Å². The summed E-state index contributed by atoms with van der Waals surface area (Å²) < 4.78 is 0. The Balaban J connectivity index is 2.28. The first-order chi connectivity index (χ1) is 6.65. The molecule has 0 aromatic carbocycles.